The highest BCUT2D eigenvalue weighted by atomic mass is 16.6. The number of esters is 2. The zero-order valence-corrected chi connectivity index (χ0v) is 7.51. The fourth-order valence-corrected chi connectivity index (χ4v) is 0.963. The third kappa shape index (κ3) is 1.96. The highest BCUT2D eigenvalue weighted by Crippen LogP contribution is 2.07. The first kappa shape index (κ1) is 9.26. The Bertz CT molecular complexity index is 408. The van der Waals surface area contributed by atoms with Gasteiger partial charge >= 0.3 is 11.9 Å². The van der Waals surface area contributed by atoms with Crippen LogP contribution >= 0.6 is 0 Å². The van der Waals surface area contributed by atoms with Gasteiger partial charge in [-0.2, -0.15) is 0 Å². The predicted molar refractivity (Wildman–Crippen MR) is 47.2 cm³/mol. The average molecular weight is 206 g/mol. The van der Waals surface area contributed by atoms with Crippen LogP contribution in [0.1, 0.15) is 20.7 Å². The summed E-state index contributed by atoms with van der Waals surface area (Å²) in [5, 5.41) is 0. The normalized spacial score (nSPS) is 9.87. The van der Waals surface area contributed by atoms with E-state index in [1.807, 2.05) is 0 Å². The first-order valence-corrected chi connectivity index (χ1v) is 4.08. The van der Waals surface area contributed by atoms with Gasteiger partial charge in [-0.3, -0.25) is 0 Å². The largest absolute Gasteiger partial charge is 0.472 e. The van der Waals surface area contributed by atoms with Crippen molar-refractivity contribution in [3.63, 3.8) is 0 Å². The molecule has 2 aromatic heterocycles. The summed E-state index contributed by atoms with van der Waals surface area (Å²) in [5.74, 6) is -1.51. The topological polar surface area (TPSA) is 69.7 Å². The van der Waals surface area contributed by atoms with Gasteiger partial charge in [0.25, 0.3) is 0 Å². The lowest BCUT2D eigenvalue weighted by molar-refractivity contribution is 0.0397. The Morgan fingerprint density at radius 3 is 1.73 bits per heavy atom. The van der Waals surface area contributed by atoms with Gasteiger partial charge in [0.05, 0.1) is 23.7 Å². The van der Waals surface area contributed by atoms with Crippen molar-refractivity contribution in [3.8, 4) is 0 Å². The third-order valence-electron chi connectivity index (χ3n) is 1.70. The Labute approximate surface area is 84.2 Å². The van der Waals surface area contributed by atoms with Gasteiger partial charge in [0.1, 0.15) is 12.5 Å². The first-order chi connectivity index (χ1) is 7.27. The number of furan rings is 2. The molecule has 76 valence electrons. The summed E-state index contributed by atoms with van der Waals surface area (Å²) < 4.78 is 13.9. The van der Waals surface area contributed by atoms with Crippen molar-refractivity contribution in [1.29, 1.82) is 0 Å². The van der Waals surface area contributed by atoms with E-state index in [1.165, 1.54) is 37.2 Å². The van der Waals surface area contributed by atoms with Gasteiger partial charge in [-0.15, -0.1) is 0 Å². The standard InChI is InChI=1S/C10H6O5/c11-9(7-1-3-13-5-7)15-10(12)8-2-4-14-6-8/h1-6H. The average Bonchev–Trinajstić information content (AvgIpc) is 2.91. The molecule has 2 rings (SSSR count). The number of carbonyl (C=O) groups is 2. The van der Waals surface area contributed by atoms with E-state index >= 15 is 0 Å². The number of hydrogen-bond donors (Lipinski definition) is 0. The summed E-state index contributed by atoms with van der Waals surface area (Å²) in [6.07, 6.45) is 5.04. The van der Waals surface area contributed by atoms with Crippen LogP contribution in [-0.4, -0.2) is 11.9 Å². The summed E-state index contributed by atoms with van der Waals surface area (Å²) in [6, 6.07) is 2.82. The number of rotatable bonds is 2. The monoisotopic (exact) mass is 206 g/mol. The molecule has 0 spiro atoms. The molecule has 0 aliphatic rings. The molecule has 0 saturated heterocycles. The van der Waals surface area contributed by atoms with E-state index in [1.54, 1.807) is 0 Å². The van der Waals surface area contributed by atoms with Gasteiger partial charge in [0.2, 0.25) is 0 Å². The Morgan fingerprint density at radius 1 is 0.933 bits per heavy atom. The van der Waals surface area contributed by atoms with Crippen LogP contribution in [0, 0.1) is 0 Å². The van der Waals surface area contributed by atoms with Crippen LogP contribution < -0.4 is 0 Å². The highest BCUT2D eigenvalue weighted by Gasteiger charge is 2.16. The van der Waals surface area contributed by atoms with Crippen molar-refractivity contribution >= 4 is 11.9 Å². The molecule has 2 aromatic rings. The van der Waals surface area contributed by atoms with Crippen molar-refractivity contribution in [2.75, 3.05) is 0 Å². The molecule has 0 N–H and O–H groups in total. The summed E-state index contributed by atoms with van der Waals surface area (Å²) >= 11 is 0. The van der Waals surface area contributed by atoms with E-state index in [-0.39, 0.29) is 11.1 Å². The van der Waals surface area contributed by atoms with Crippen LogP contribution in [0.15, 0.2) is 46.0 Å². The van der Waals surface area contributed by atoms with Crippen LogP contribution in [0.25, 0.3) is 0 Å². The molecule has 5 nitrogen and oxygen atoms in total. The summed E-state index contributed by atoms with van der Waals surface area (Å²) in [7, 11) is 0. The molecule has 2 heterocycles. The van der Waals surface area contributed by atoms with Crippen molar-refractivity contribution in [1.82, 2.24) is 0 Å². The summed E-state index contributed by atoms with van der Waals surface area (Å²) in [5.41, 5.74) is 0.374. The molecular formula is C10H6O5. The number of hydrogen-bond acceptors (Lipinski definition) is 5. The molecule has 0 radical (unpaired) electrons. The molecule has 0 amide bonds. The Morgan fingerprint density at radius 2 is 1.40 bits per heavy atom. The molecule has 0 unspecified atom stereocenters. The Hall–Kier alpha value is -2.30. The van der Waals surface area contributed by atoms with E-state index in [2.05, 4.69) is 13.6 Å². The molecule has 5 heteroatoms. The van der Waals surface area contributed by atoms with Crippen molar-refractivity contribution in [2.24, 2.45) is 0 Å². The Kier molecular flexibility index (Phi) is 2.37. The molecule has 0 aromatic carbocycles. The molecular weight excluding hydrogens is 200 g/mol. The maximum atomic E-state index is 11.3. The molecule has 0 atom stereocenters. The quantitative estimate of drug-likeness (QED) is 0.554. The lowest BCUT2D eigenvalue weighted by Crippen LogP contribution is -2.11. The lowest BCUT2D eigenvalue weighted by atomic mass is 10.3. The zero-order valence-electron chi connectivity index (χ0n) is 7.51. The molecule has 0 aliphatic carbocycles. The van der Waals surface area contributed by atoms with Gasteiger partial charge in [-0.25, -0.2) is 9.59 Å². The second kappa shape index (κ2) is 3.83. The summed E-state index contributed by atoms with van der Waals surface area (Å²) in [4.78, 5) is 22.6. The number of carbonyl (C=O) groups excluding carboxylic acids is 2. The SMILES string of the molecule is O=C(OC(=O)c1ccoc1)c1ccoc1. The Balaban J connectivity index is 2.04. The third-order valence-corrected chi connectivity index (χ3v) is 1.70. The minimum Gasteiger partial charge on any atom is -0.472 e. The van der Waals surface area contributed by atoms with Crippen molar-refractivity contribution in [2.45, 2.75) is 0 Å². The molecule has 0 fully saturated rings. The minimum absolute atomic E-state index is 0.187. The van der Waals surface area contributed by atoms with Crippen molar-refractivity contribution in [3.05, 3.63) is 48.3 Å². The van der Waals surface area contributed by atoms with Crippen LogP contribution in [0.3, 0.4) is 0 Å². The molecule has 0 bridgehead atoms. The molecule has 15 heavy (non-hydrogen) atoms. The van der Waals surface area contributed by atoms with Crippen LogP contribution in [-0.2, 0) is 4.74 Å². The van der Waals surface area contributed by atoms with Crippen LogP contribution in [0.5, 0.6) is 0 Å². The van der Waals surface area contributed by atoms with Crippen molar-refractivity contribution < 1.29 is 23.2 Å². The zero-order chi connectivity index (χ0) is 10.7. The smallest absolute Gasteiger partial charge is 0.349 e. The fourth-order valence-electron chi connectivity index (χ4n) is 0.963. The predicted octanol–water partition coefficient (Wildman–Crippen LogP) is 1.87. The highest BCUT2D eigenvalue weighted by molar-refractivity contribution is 6.02. The maximum absolute atomic E-state index is 11.3. The van der Waals surface area contributed by atoms with E-state index < -0.39 is 11.9 Å². The van der Waals surface area contributed by atoms with E-state index in [0.29, 0.717) is 0 Å². The lowest BCUT2D eigenvalue weighted by Gasteiger charge is -1.97. The van der Waals surface area contributed by atoms with Crippen LogP contribution in [0.4, 0.5) is 0 Å². The maximum Gasteiger partial charge on any atom is 0.349 e. The van der Waals surface area contributed by atoms with Gasteiger partial charge in [-0.1, -0.05) is 0 Å². The van der Waals surface area contributed by atoms with Gasteiger partial charge < -0.3 is 13.6 Å². The van der Waals surface area contributed by atoms with Crippen LogP contribution in [0.2, 0.25) is 0 Å². The summed E-state index contributed by atoms with van der Waals surface area (Å²) in [6.45, 7) is 0. The molecule has 0 saturated carbocycles. The molecule has 0 aliphatic heterocycles. The second-order valence-corrected chi connectivity index (χ2v) is 2.70. The second-order valence-electron chi connectivity index (χ2n) is 2.70. The minimum atomic E-state index is -0.755. The fraction of sp³-hybridized carbons (Fsp3) is 0. The van der Waals surface area contributed by atoms with Gasteiger partial charge in [0, 0.05) is 0 Å². The number of ether oxygens (including phenoxy) is 1. The van der Waals surface area contributed by atoms with E-state index in [9.17, 15) is 9.59 Å². The van der Waals surface area contributed by atoms with Gasteiger partial charge in [-0.05, 0) is 12.1 Å². The van der Waals surface area contributed by atoms with Gasteiger partial charge in [0.15, 0.2) is 0 Å². The van der Waals surface area contributed by atoms with E-state index in [4.69, 9.17) is 0 Å². The van der Waals surface area contributed by atoms with E-state index in [0.717, 1.165) is 0 Å². The first-order valence-electron chi connectivity index (χ1n) is 4.08.